The zero-order valence-electron chi connectivity index (χ0n) is 22.7. The molecule has 2 aromatic carbocycles. The first-order chi connectivity index (χ1) is 19.0. The van der Waals surface area contributed by atoms with E-state index >= 15 is 0 Å². The zero-order valence-corrected chi connectivity index (χ0v) is 24.4. The molecule has 0 saturated heterocycles. The van der Waals surface area contributed by atoms with Crippen LogP contribution in [-0.2, 0) is 16.1 Å². The maximum Gasteiger partial charge on any atom is 0.326 e. The van der Waals surface area contributed by atoms with Crippen LogP contribution in [0.4, 0.5) is 0 Å². The van der Waals surface area contributed by atoms with Crippen LogP contribution < -0.4 is 5.32 Å². The second-order valence-electron chi connectivity index (χ2n) is 10.3. The lowest BCUT2D eigenvalue weighted by Gasteiger charge is -2.29. The minimum absolute atomic E-state index is 0.355. The van der Waals surface area contributed by atoms with E-state index in [1.54, 1.807) is 29.2 Å². The number of hydrogen-bond donors (Lipinski definition) is 2. The normalized spacial score (nSPS) is 15.5. The summed E-state index contributed by atoms with van der Waals surface area (Å²) in [6, 6.07) is 12.7. The molecule has 3 aromatic rings. The van der Waals surface area contributed by atoms with Crippen molar-refractivity contribution in [3.63, 3.8) is 0 Å². The number of benzene rings is 2. The summed E-state index contributed by atoms with van der Waals surface area (Å²) in [5.74, 6) is 0.237. The lowest BCUT2D eigenvalue weighted by molar-refractivity contribution is -0.139. The van der Waals surface area contributed by atoms with Crippen molar-refractivity contribution in [2.45, 2.75) is 64.0 Å². The van der Waals surface area contributed by atoms with Gasteiger partial charge in [-0.25, -0.2) is 4.79 Å². The summed E-state index contributed by atoms with van der Waals surface area (Å²) in [7, 11) is 0. The third-order valence-corrected chi connectivity index (χ3v) is 9.13. The van der Waals surface area contributed by atoms with Crippen molar-refractivity contribution in [1.29, 1.82) is 0 Å². The summed E-state index contributed by atoms with van der Waals surface area (Å²) in [6.45, 7) is 3.10. The van der Waals surface area contributed by atoms with Crippen LogP contribution in [0.2, 0.25) is 0 Å². The van der Waals surface area contributed by atoms with Crippen LogP contribution in [0.15, 0.2) is 54.2 Å². The van der Waals surface area contributed by atoms with E-state index in [0.29, 0.717) is 42.8 Å². The summed E-state index contributed by atoms with van der Waals surface area (Å²) < 4.78 is 6.32. The highest BCUT2D eigenvalue weighted by Crippen LogP contribution is 2.38. The number of aromatic nitrogens is 1. The van der Waals surface area contributed by atoms with Crippen LogP contribution in [0.25, 0.3) is 11.1 Å². The summed E-state index contributed by atoms with van der Waals surface area (Å²) in [4.78, 5) is 30.7. The molecule has 1 heterocycles. The maximum absolute atomic E-state index is 13.3. The van der Waals surface area contributed by atoms with Gasteiger partial charge in [0, 0.05) is 22.6 Å². The van der Waals surface area contributed by atoms with Gasteiger partial charge in [-0.15, -0.1) is 11.3 Å². The van der Waals surface area contributed by atoms with E-state index in [2.05, 4.69) is 10.3 Å². The molecule has 8 heteroatoms. The van der Waals surface area contributed by atoms with Crippen molar-refractivity contribution < 1.29 is 19.4 Å². The number of carbonyl (C=O) groups excluding carboxylic acids is 1. The van der Waals surface area contributed by atoms with E-state index < -0.39 is 12.0 Å². The number of ether oxygens (including phenoxy) is 1. The third kappa shape index (κ3) is 7.93. The van der Waals surface area contributed by atoms with Gasteiger partial charge in [0.1, 0.15) is 6.04 Å². The number of carboxylic acid groups (broad SMARTS) is 1. The Kier molecular flexibility index (Phi) is 11.0. The molecular formula is C31H38N2O4S2. The molecule has 0 aliphatic heterocycles. The second-order valence-corrected chi connectivity index (χ2v) is 12.2. The van der Waals surface area contributed by atoms with Crippen LogP contribution in [-0.4, -0.2) is 46.6 Å². The Morgan fingerprint density at radius 1 is 1.15 bits per heavy atom. The molecule has 1 aliphatic rings. The highest BCUT2D eigenvalue weighted by Gasteiger charge is 2.27. The van der Waals surface area contributed by atoms with Crippen molar-refractivity contribution in [1.82, 2.24) is 10.3 Å². The van der Waals surface area contributed by atoms with Crippen molar-refractivity contribution in [2.24, 2.45) is 5.92 Å². The lowest BCUT2D eigenvalue weighted by Crippen LogP contribution is -2.41. The first-order valence-corrected chi connectivity index (χ1v) is 15.9. The number of thioether (sulfide) groups is 1. The van der Waals surface area contributed by atoms with E-state index in [-0.39, 0.29) is 5.91 Å². The van der Waals surface area contributed by atoms with Crippen molar-refractivity contribution in [3.05, 3.63) is 75.7 Å². The van der Waals surface area contributed by atoms with Crippen molar-refractivity contribution >= 4 is 35.0 Å². The predicted molar refractivity (Wildman–Crippen MR) is 160 cm³/mol. The quantitative estimate of drug-likeness (QED) is 0.233. The van der Waals surface area contributed by atoms with Gasteiger partial charge in [0.2, 0.25) is 0 Å². The Balaban J connectivity index is 1.53. The van der Waals surface area contributed by atoms with E-state index in [9.17, 15) is 14.7 Å². The fraction of sp³-hybridized carbons (Fsp3) is 0.452. The first-order valence-electron chi connectivity index (χ1n) is 13.7. The number of carboxylic acids is 1. The fourth-order valence-electron chi connectivity index (χ4n) is 5.41. The molecule has 2 N–H and O–H groups in total. The van der Waals surface area contributed by atoms with Crippen LogP contribution in [0, 0.1) is 12.8 Å². The third-order valence-electron chi connectivity index (χ3n) is 7.58. The van der Waals surface area contributed by atoms with E-state index in [4.69, 9.17) is 4.74 Å². The summed E-state index contributed by atoms with van der Waals surface area (Å²) in [5, 5.41) is 12.4. The molecule has 1 amide bonds. The monoisotopic (exact) mass is 566 g/mol. The number of amides is 1. The topological polar surface area (TPSA) is 88.5 Å². The number of hydrogen-bond acceptors (Lipinski definition) is 6. The lowest BCUT2D eigenvalue weighted by atomic mass is 9.80. The molecule has 0 bridgehead atoms. The van der Waals surface area contributed by atoms with Crippen molar-refractivity contribution in [2.75, 3.05) is 18.6 Å². The van der Waals surface area contributed by atoms with Gasteiger partial charge in [-0.3, -0.25) is 9.78 Å². The molecular weight excluding hydrogens is 528 g/mol. The van der Waals surface area contributed by atoms with Gasteiger partial charge >= 0.3 is 5.97 Å². The molecule has 2 atom stereocenters. The number of aryl methyl sites for hydroxylation is 1. The number of nitrogens with zero attached hydrogens (tertiary/aromatic N) is 1. The summed E-state index contributed by atoms with van der Waals surface area (Å²) in [5.41, 5.74) is 6.13. The molecule has 1 aliphatic carbocycles. The van der Waals surface area contributed by atoms with Gasteiger partial charge in [0.25, 0.3) is 5.91 Å². The average molecular weight is 567 g/mol. The molecule has 1 aromatic heterocycles. The van der Waals surface area contributed by atoms with Gasteiger partial charge in [-0.05, 0) is 78.5 Å². The number of aliphatic carboxylic acids is 1. The Bertz CT molecular complexity index is 1230. The Labute approximate surface area is 239 Å². The van der Waals surface area contributed by atoms with Crippen LogP contribution >= 0.6 is 23.1 Å². The number of thiazole rings is 1. The van der Waals surface area contributed by atoms with Crippen LogP contribution in [0.1, 0.15) is 70.8 Å². The van der Waals surface area contributed by atoms with Crippen LogP contribution in [0.3, 0.4) is 0 Å². The Morgan fingerprint density at radius 3 is 2.64 bits per heavy atom. The largest absolute Gasteiger partial charge is 0.480 e. The molecule has 0 radical (unpaired) electrons. The molecule has 1 fully saturated rings. The van der Waals surface area contributed by atoms with Gasteiger partial charge in [-0.2, -0.15) is 11.8 Å². The molecule has 208 valence electrons. The molecule has 1 saturated carbocycles. The molecule has 4 rings (SSSR count). The van der Waals surface area contributed by atoms with E-state index in [1.807, 2.05) is 61.3 Å². The van der Waals surface area contributed by atoms with Gasteiger partial charge in [-0.1, -0.05) is 49.6 Å². The highest BCUT2D eigenvalue weighted by molar-refractivity contribution is 7.98. The van der Waals surface area contributed by atoms with Gasteiger partial charge in [0.05, 0.1) is 18.7 Å². The maximum atomic E-state index is 13.3. The Morgan fingerprint density at radius 2 is 1.95 bits per heavy atom. The second kappa shape index (κ2) is 14.6. The minimum atomic E-state index is -1.02. The molecule has 39 heavy (non-hydrogen) atoms. The standard InChI is InChI=1S/C31H38N2O4S2/c1-21-8-6-7-11-24(21)26-16-22(12-13-25(26)30(34)33-28(31(35)36)14-15-38-2)18-37-19-27(29-17-32-20-39-29)23-9-4-3-5-10-23/h6-8,11-13,16-17,20,23,27-28H,3-5,9-10,14-15,18-19H2,1-2H3,(H,33,34)(H,35,36)/t27?,28-/m0/s1. The predicted octanol–water partition coefficient (Wildman–Crippen LogP) is 6.94. The zero-order chi connectivity index (χ0) is 27.6. The first kappa shape index (κ1) is 29.3. The average Bonchev–Trinajstić information content (AvgIpc) is 3.48. The molecule has 0 spiro atoms. The molecule has 6 nitrogen and oxygen atoms in total. The number of carbonyl (C=O) groups is 2. The number of rotatable bonds is 13. The van der Waals surface area contributed by atoms with Crippen molar-refractivity contribution in [3.8, 4) is 11.1 Å². The summed E-state index contributed by atoms with van der Waals surface area (Å²) >= 11 is 3.27. The van der Waals surface area contributed by atoms with Crippen LogP contribution in [0.5, 0.6) is 0 Å². The minimum Gasteiger partial charge on any atom is -0.480 e. The van der Waals surface area contributed by atoms with Gasteiger partial charge < -0.3 is 15.2 Å². The molecule has 1 unspecified atom stereocenters. The summed E-state index contributed by atoms with van der Waals surface area (Å²) in [6.07, 6.45) is 10.6. The SMILES string of the molecule is CSCC[C@H](NC(=O)c1ccc(COCC(c2cncs2)C2CCCCC2)cc1-c1ccccc1C)C(=O)O. The highest BCUT2D eigenvalue weighted by atomic mass is 32.2. The number of nitrogens with one attached hydrogen (secondary N) is 1. The van der Waals surface area contributed by atoms with Gasteiger partial charge in [0.15, 0.2) is 0 Å². The fourth-order valence-corrected chi connectivity index (χ4v) is 6.68. The van der Waals surface area contributed by atoms with E-state index in [0.717, 1.165) is 22.3 Å². The Hall–Kier alpha value is -2.68. The smallest absolute Gasteiger partial charge is 0.326 e. The van der Waals surface area contributed by atoms with E-state index in [1.165, 1.54) is 37.0 Å².